The van der Waals surface area contributed by atoms with Crippen LogP contribution in [0.1, 0.15) is 25.3 Å². The maximum atomic E-state index is 11.2. The van der Waals surface area contributed by atoms with Gasteiger partial charge in [0.1, 0.15) is 5.75 Å². The summed E-state index contributed by atoms with van der Waals surface area (Å²) in [6.07, 6.45) is 1.52. The van der Waals surface area contributed by atoms with Crippen molar-refractivity contribution in [3.63, 3.8) is 0 Å². The Morgan fingerprint density at radius 3 is 2.58 bits per heavy atom. The van der Waals surface area contributed by atoms with Crippen molar-refractivity contribution in [2.45, 2.75) is 25.4 Å². The van der Waals surface area contributed by atoms with Crippen LogP contribution in [-0.2, 0) is 10.3 Å². The van der Waals surface area contributed by atoms with Crippen molar-refractivity contribution < 1.29 is 14.6 Å². The summed E-state index contributed by atoms with van der Waals surface area (Å²) in [5, 5.41) is 11.2. The highest BCUT2D eigenvalue weighted by Gasteiger charge is 2.49. The summed E-state index contributed by atoms with van der Waals surface area (Å²) in [6, 6.07) is 7.59. The van der Waals surface area contributed by atoms with E-state index in [2.05, 4.69) is 0 Å². The Bertz CT molecular complexity index is 425. The van der Waals surface area contributed by atoms with Crippen molar-refractivity contribution in [3.8, 4) is 5.75 Å². The first kappa shape index (κ1) is 14.3. The van der Waals surface area contributed by atoms with Gasteiger partial charge in [-0.15, -0.1) is 0 Å². The minimum Gasteiger partial charge on any atom is -0.496 e. The van der Waals surface area contributed by atoms with Crippen molar-refractivity contribution in [1.82, 2.24) is 0 Å². The van der Waals surface area contributed by atoms with E-state index in [4.69, 9.17) is 15.2 Å². The van der Waals surface area contributed by atoms with Crippen LogP contribution in [0.15, 0.2) is 24.3 Å². The molecule has 0 bridgehead atoms. The number of methoxy groups -OCH3 is 1. The Labute approximate surface area is 114 Å². The topological polar surface area (TPSA) is 64.7 Å². The van der Waals surface area contributed by atoms with Gasteiger partial charge in [0.25, 0.3) is 0 Å². The zero-order chi connectivity index (χ0) is 13.9. The Balaban J connectivity index is 2.44. The van der Waals surface area contributed by atoms with E-state index < -0.39 is 5.60 Å². The molecule has 1 atom stereocenters. The molecule has 19 heavy (non-hydrogen) atoms. The fourth-order valence-corrected chi connectivity index (χ4v) is 2.98. The summed E-state index contributed by atoms with van der Waals surface area (Å²) in [5.74, 6) is 0.701. The average Bonchev–Trinajstić information content (AvgIpc) is 2.47. The molecule has 0 amide bonds. The molecule has 1 fully saturated rings. The van der Waals surface area contributed by atoms with Gasteiger partial charge >= 0.3 is 0 Å². The fraction of sp³-hybridized carbons (Fsp3) is 0.600. The molecule has 0 aliphatic carbocycles. The molecule has 1 aromatic carbocycles. The molecule has 1 aliphatic rings. The van der Waals surface area contributed by atoms with Crippen LogP contribution in [0.2, 0.25) is 0 Å². The summed E-state index contributed by atoms with van der Waals surface area (Å²) in [7, 11) is 1.62. The van der Waals surface area contributed by atoms with E-state index in [9.17, 15) is 5.11 Å². The van der Waals surface area contributed by atoms with Gasteiger partial charge in [-0.05, 0) is 25.8 Å². The summed E-state index contributed by atoms with van der Waals surface area (Å²) in [6.45, 7) is 3.55. The molecule has 1 aliphatic heterocycles. The Morgan fingerprint density at radius 1 is 1.37 bits per heavy atom. The molecule has 0 radical (unpaired) electrons. The first-order chi connectivity index (χ1) is 9.07. The van der Waals surface area contributed by atoms with Crippen molar-refractivity contribution in [2.75, 3.05) is 26.9 Å². The van der Waals surface area contributed by atoms with Crippen LogP contribution >= 0.6 is 0 Å². The maximum Gasteiger partial charge on any atom is 0.124 e. The van der Waals surface area contributed by atoms with E-state index in [0.29, 0.717) is 25.5 Å². The van der Waals surface area contributed by atoms with Gasteiger partial charge in [0.05, 0.1) is 12.7 Å². The third-order valence-electron chi connectivity index (χ3n) is 4.50. The number of ether oxygens (including phenoxy) is 2. The summed E-state index contributed by atoms with van der Waals surface area (Å²) in [5.41, 5.74) is 5.40. The van der Waals surface area contributed by atoms with E-state index in [1.165, 1.54) is 0 Å². The normalized spacial score (nSPS) is 21.7. The maximum absolute atomic E-state index is 11.2. The number of aliphatic hydroxyl groups is 1. The molecule has 0 aromatic heterocycles. The number of benzene rings is 1. The lowest BCUT2D eigenvalue weighted by Gasteiger charge is -2.47. The van der Waals surface area contributed by atoms with E-state index in [1.54, 1.807) is 7.11 Å². The molecule has 0 saturated carbocycles. The van der Waals surface area contributed by atoms with Crippen molar-refractivity contribution in [2.24, 2.45) is 11.1 Å². The molecular formula is C15H23NO3. The number of para-hydroxylation sites is 1. The predicted molar refractivity (Wildman–Crippen MR) is 74.1 cm³/mol. The van der Waals surface area contributed by atoms with Gasteiger partial charge in [-0.25, -0.2) is 0 Å². The number of rotatable bonds is 4. The summed E-state index contributed by atoms with van der Waals surface area (Å²) >= 11 is 0. The minimum atomic E-state index is -1.03. The molecule has 4 heteroatoms. The molecule has 0 spiro atoms. The first-order valence-corrected chi connectivity index (χ1v) is 6.71. The van der Waals surface area contributed by atoms with Crippen molar-refractivity contribution >= 4 is 0 Å². The highest BCUT2D eigenvalue weighted by atomic mass is 16.5. The predicted octanol–water partition coefficient (Wildman–Crippen LogP) is 1.66. The van der Waals surface area contributed by atoms with Crippen LogP contribution in [0.3, 0.4) is 0 Å². The van der Waals surface area contributed by atoms with E-state index in [1.807, 2.05) is 31.2 Å². The van der Waals surface area contributed by atoms with Crippen LogP contribution in [0.25, 0.3) is 0 Å². The molecule has 3 N–H and O–H groups in total. The van der Waals surface area contributed by atoms with Crippen molar-refractivity contribution in [3.05, 3.63) is 29.8 Å². The van der Waals surface area contributed by atoms with Crippen LogP contribution in [-0.4, -0.2) is 32.0 Å². The van der Waals surface area contributed by atoms with Crippen LogP contribution in [0.5, 0.6) is 5.75 Å². The fourth-order valence-electron chi connectivity index (χ4n) is 2.98. The highest BCUT2D eigenvalue weighted by Crippen LogP contribution is 2.48. The zero-order valence-corrected chi connectivity index (χ0v) is 11.7. The second-order valence-electron chi connectivity index (χ2n) is 5.37. The molecule has 1 aromatic rings. The molecule has 1 heterocycles. The van der Waals surface area contributed by atoms with Crippen LogP contribution in [0.4, 0.5) is 0 Å². The lowest BCUT2D eigenvalue weighted by atomic mass is 9.64. The van der Waals surface area contributed by atoms with E-state index in [0.717, 1.165) is 18.4 Å². The standard InChI is InChI=1S/C15H23NO3/c1-14(17,12-5-3-4-6-13(12)18-2)15(11-16)7-9-19-10-8-15/h3-6,17H,7-11,16H2,1-2H3. The summed E-state index contributed by atoms with van der Waals surface area (Å²) in [4.78, 5) is 0. The first-order valence-electron chi connectivity index (χ1n) is 6.71. The molecular weight excluding hydrogens is 242 g/mol. The molecule has 4 nitrogen and oxygen atoms in total. The van der Waals surface area contributed by atoms with Gasteiger partial charge in [0, 0.05) is 30.7 Å². The number of hydrogen-bond donors (Lipinski definition) is 2. The van der Waals surface area contributed by atoms with Crippen LogP contribution < -0.4 is 10.5 Å². The van der Waals surface area contributed by atoms with E-state index >= 15 is 0 Å². The van der Waals surface area contributed by atoms with Gasteiger partial charge < -0.3 is 20.3 Å². The zero-order valence-electron chi connectivity index (χ0n) is 11.7. The Morgan fingerprint density at radius 2 is 2.00 bits per heavy atom. The smallest absolute Gasteiger partial charge is 0.124 e. The lowest BCUT2D eigenvalue weighted by molar-refractivity contribution is -0.124. The lowest BCUT2D eigenvalue weighted by Crippen LogP contribution is -2.51. The Hall–Kier alpha value is -1.10. The van der Waals surface area contributed by atoms with Crippen molar-refractivity contribution in [1.29, 1.82) is 0 Å². The largest absolute Gasteiger partial charge is 0.496 e. The third-order valence-corrected chi connectivity index (χ3v) is 4.50. The quantitative estimate of drug-likeness (QED) is 0.869. The highest BCUT2D eigenvalue weighted by molar-refractivity contribution is 5.39. The minimum absolute atomic E-state index is 0.361. The number of hydrogen-bond acceptors (Lipinski definition) is 4. The van der Waals surface area contributed by atoms with Crippen LogP contribution in [0, 0.1) is 5.41 Å². The second kappa shape index (κ2) is 5.49. The van der Waals surface area contributed by atoms with Gasteiger partial charge in [0.2, 0.25) is 0 Å². The second-order valence-corrected chi connectivity index (χ2v) is 5.37. The monoisotopic (exact) mass is 265 g/mol. The molecule has 2 rings (SSSR count). The van der Waals surface area contributed by atoms with Gasteiger partial charge in [-0.2, -0.15) is 0 Å². The SMILES string of the molecule is COc1ccccc1C(C)(O)C1(CN)CCOCC1. The molecule has 1 saturated heterocycles. The third kappa shape index (κ3) is 2.36. The molecule has 1 unspecified atom stereocenters. The van der Waals surface area contributed by atoms with Gasteiger partial charge in [0.15, 0.2) is 0 Å². The van der Waals surface area contributed by atoms with Gasteiger partial charge in [-0.1, -0.05) is 18.2 Å². The average molecular weight is 265 g/mol. The summed E-state index contributed by atoms with van der Waals surface area (Å²) < 4.78 is 10.8. The molecule has 106 valence electrons. The number of nitrogens with two attached hydrogens (primary N) is 1. The van der Waals surface area contributed by atoms with Gasteiger partial charge in [-0.3, -0.25) is 0 Å². The van der Waals surface area contributed by atoms with E-state index in [-0.39, 0.29) is 5.41 Å². The Kier molecular flexibility index (Phi) is 4.13.